The SMILES string of the molecule is CC(=O)c1ccc(Nc2cc(Nc3ccc(F)c(F)c3F)nc(C)n2)cc1. The summed E-state index contributed by atoms with van der Waals surface area (Å²) in [7, 11) is 0. The minimum Gasteiger partial charge on any atom is -0.340 e. The van der Waals surface area contributed by atoms with Gasteiger partial charge < -0.3 is 10.6 Å². The molecule has 0 saturated carbocycles. The average Bonchev–Trinajstić information content (AvgIpc) is 2.62. The van der Waals surface area contributed by atoms with E-state index < -0.39 is 17.5 Å². The van der Waals surface area contributed by atoms with Crippen molar-refractivity contribution in [1.82, 2.24) is 9.97 Å². The molecule has 0 spiro atoms. The summed E-state index contributed by atoms with van der Waals surface area (Å²) in [4.78, 5) is 19.7. The maximum Gasteiger partial charge on any atom is 0.196 e. The van der Waals surface area contributed by atoms with E-state index in [-0.39, 0.29) is 17.3 Å². The number of aryl methyl sites for hydroxylation is 1. The summed E-state index contributed by atoms with van der Waals surface area (Å²) in [6.07, 6.45) is 0. The van der Waals surface area contributed by atoms with Crippen LogP contribution in [0.1, 0.15) is 23.1 Å². The van der Waals surface area contributed by atoms with Gasteiger partial charge in [-0.05, 0) is 50.2 Å². The van der Waals surface area contributed by atoms with E-state index in [4.69, 9.17) is 0 Å². The van der Waals surface area contributed by atoms with Crippen LogP contribution in [0.4, 0.5) is 36.2 Å². The molecule has 0 saturated heterocycles. The zero-order valence-corrected chi connectivity index (χ0v) is 14.5. The highest BCUT2D eigenvalue weighted by molar-refractivity contribution is 5.94. The quantitative estimate of drug-likeness (QED) is 0.493. The van der Waals surface area contributed by atoms with E-state index in [9.17, 15) is 18.0 Å². The molecule has 0 aliphatic heterocycles. The lowest BCUT2D eigenvalue weighted by Gasteiger charge is -2.11. The van der Waals surface area contributed by atoms with Crippen molar-refractivity contribution in [3.8, 4) is 0 Å². The molecule has 1 aromatic heterocycles. The van der Waals surface area contributed by atoms with E-state index in [0.717, 1.165) is 12.1 Å². The summed E-state index contributed by atoms with van der Waals surface area (Å²) in [5.74, 6) is -3.22. The van der Waals surface area contributed by atoms with Crippen LogP contribution in [0.25, 0.3) is 0 Å². The number of rotatable bonds is 5. The molecule has 0 unspecified atom stereocenters. The first-order valence-corrected chi connectivity index (χ1v) is 7.97. The first kappa shape index (κ1) is 18.4. The molecule has 8 heteroatoms. The van der Waals surface area contributed by atoms with Crippen LogP contribution in [0, 0.1) is 24.4 Å². The molecule has 1 heterocycles. The third kappa shape index (κ3) is 4.22. The first-order valence-electron chi connectivity index (χ1n) is 7.97. The maximum absolute atomic E-state index is 13.8. The Labute approximate surface area is 153 Å². The Kier molecular flexibility index (Phi) is 5.07. The molecular weight excluding hydrogens is 357 g/mol. The Morgan fingerprint density at radius 3 is 2.15 bits per heavy atom. The monoisotopic (exact) mass is 372 g/mol. The fourth-order valence-corrected chi connectivity index (χ4v) is 2.39. The number of benzene rings is 2. The molecule has 2 N–H and O–H groups in total. The van der Waals surface area contributed by atoms with E-state index in [0.29, 0.717) is 22.9 Å². The molecule has 3 aromatic rings. The number of ketones is 1. The van der Waals surface area contributed by atoms with Crippen molar-refractivity contribution in [2.75, 3.05) is 10.6 Å². The van der Waals surface area contributed by atoms with Crippen molar-refractivity contribution in [3.63, 3.8) is 0 Å². The number of anilines is 4. The summed E-state index contributed by atoms with van der Waals surface area (Å²) in [5.41, 5.74) is 1.02. The lowest BCUT2D eigenvalue weighted by molar-refractivity contribution is 0.101. The second kappa shape index (κ2) is 7.45. The van der Waals surface area contributed by atoms with Crippen LogP contribution in [0.2, 0.25) is 0 Å². The third-order valence-electron chi connectivity index (χ3n) is 3.70. The fraction of sp³-hybridized carbons (Fsp3) is 0.105. The molecule has 0 fully saturated rings. The van der Waals surface area contributed by atoms with Crippen molar-refractivity contribution in [2.24, 2.45) is 0 Å². The Morgan fingerprint density at radius 1 is 0.889 bits per heavy atom. The Bertz CT molecular complexity index is 1010. The average molecular weight is 372 g/mol. The molecule has 0 bridgehead atoms. The molecule has 3 rings (SSSR count). The Balaban J connectivity index is 1.84. The van der Waals surface area contributed by atoms with Crippen LogP contribution in [-0.2, 0) is 0 Å². The van der Waals surface area contributed by atoms with Gasteiger partial charge in [0.1, 0.15) is 17.5 Å². The van der Waals surface area contributed by atoms with Gasteiger partial charge in [-0.15, -0.1) is 0 Å². The number of Topliss-reactive ketones (excluding diaryl/α,β-unsaturated/α-hetero) is 1. The molecule has 0 amide bonds. The van der Waals surface area contributed by atoms with Gasteiger partial charge in [-0.3, -0.25) is 4.79 Å². The minimum atomic E-state index is -1.56. The molecule has 0 aliphatic carbocycles. The Morgan fingerprint density at radius 2 is 1.52 bits per heavy atom. The Hall–Kier alpha value is -3.42. The van der Waals surface area contributed by atoms with E-state index in [1.165, 1.54) is 13.0 Å². The summed E-state index contributed by atoms with van der Waals surface area (Å²) in [6, 6.07) is 10.2. The lowest BCUT2D eigenvalue weighted by atomic mass is 10.1. The van der Waals surface area contributed by atoms with Gasteiger partial charge in [-0.25, -0.2) is 23.1 Å². The standard InChI is InChI=1S/C19H15F3N4O/c1-10(27)12-3-5-13(6-4-12)25-16-9-17(24-11(2)23-16)26-15-8-7-14(20)18(21)19(15)22/h3-9H,1-2H3,(H2,23,24,25,26). The van der Waals surface area contributed by atoms with Gasteiger partial charge in [-0.1, -0.05) is 0 Å². The lowest BCUT2D eigenvalue weighted by Crippen LogP contribution is -2.04. The second-order valence-electron chi connectivity index (χ2n) is 5.79. The van der Waals surface area contributed by atoms with Crippen molar-refractivity contribution in [3.05, 3.63) is 71.3 Å². The molecule has 0 radical (unpaired) electrons. The van der Waals surface area contributed by atoms with Gasteiger partial charge in [0.25, 0.3) is 0 Å². The number of hydrogen-bond donors (Lipinski definition) is 2. The van der Waals surface area contributed by atoms with E-state index >= 15 is 0 Å². The predicted molar refractivity (Wildman–Crippen MR) is 96.1 cm³/mol. The van der Waals surface area contributed by atoms with Gasteiger partial charge in [0.15, 0.2) is 23.2 Å². The smallest absolute Gasteiger partial charge is 0.196 e. The number of nitrogens with zero attached hydrogens (tertiary/aromatic N) is 2. The molecule has 138 valence electrons. The first-order chi connectivity index (χ1) is 12.8. The molecule has 0 aliphatic rings. The van der Waals surface area contributed by atoms with Crippen LogP contribution in [0.3, 0.4) is 0 Å². The van der Waals surface area contributed by atoms with Crippen molar-refractivity contribution in [2.45, 2.75) is 13.8 Å². The molecular formula is C19H15F3N4O. The van der Waals surface area contributed by atoms with Crippen molar-refractivity contribution in [1.29, 1.82) is 0 Å². The zero-order valence-electron chi connectivity index (χ0n) is 14.5. The molecule has 5 nitrogen and oxygen atoms in total. The van der Waals surface area contributed by atoms with Crippen LogP contribution in [0.15, 0.2) is 42.5 Å². The normalized spacial score (nSPS) is 10.6. The van der Waals surface area contributed by atoms with Crippen LogP contribution in [-0.4, -0.2) is 15.8 Å². The zero-order chi connectivity index (χ0) is 19.6. The van der Waals surface area contributed by atoms with Gasteiger partial charge in [-0.2, -0.15) is 0 Å². The van der Waals surface area contributed by atoms with E-state index in [1.54, 1.807) is 31.2 Å². The molecule has 0 atom stereocenters. The number of carbonyl (C=O) groups excluding carboxylic acids is 1. The van der Waals surface area contributed by atoms with Gasteiger partial charge >= 0.3 is 0 Å². The number of hydrogen-bond acceptors (Lipinski definition) is 5. The minimum absolute atomic E-state index is 0.0422. The van der Waals surface area contributed by atoms with Crippen LogP contribution < -0.4 is 10.6 Å². The van der Waals surface area contributed by atoms with Crippen LogP contribution >= 0.6 is 0 Å². The molecule has 2 aromatic carbocycles. The largest absolute Gasteiger partial charge is 0.340 e. The number of nitrogens with one attached hydrogen (secondary N) is 2. The topological polar surface area (TPSA) is 66.9 Å². The van der Waals surface area contributed by atoms with Crippen molar-refractivity contribution >= 4 is 28.8 Å². The van der Waals surface area contributed by atoms with Crippen LogP contribution in [0.5, 0.6) is 0 Å². The van der Waals surface area contributed by atoms with E-state index in [2.05, 4.69) is 20.6 Å². The van der Waals surface area contributed by atoms with E-state index in [1.807, 2.05) is 0 Å². The maximum atomic E-state index is 13.8. The number of carbonyl (C=O) groups is 1. The summed E-state index contributed by atoms with van der Waals surface area (Å²) in [5, 5.41) is 5.66. The second-order valence-corrected chi connectivity index (χ2v) is 5.79. The highest BCUT2D eigenvalue weighted by Gasteiger charge is 2.14. The van der Waals surface area contributed by atoms with Gasteiger partial charge in [0, 0.05) is 17.3 Å². The van der Waals surface area contributed by atoms with Gasteiger partial charge in [0.05, 0.1) is 5.69 Å². The highest BCUT2D eigenvalue weighted by Crippen LogP contribution is 2.24. The predicted octanol–water partition coefficient (Wildman–Crippen LogP) is 4.89. The number of halogens is 3. The number of aromatic nitrogens is 2. The summed E-state index contributed by atoms with van der Waals surface area (Å²) < 4.78 is 40.3. The van der Waals surface area contributed by atoms with Gasteiger partial charge in [0.2, 0.25) is 0 Å². The molecule has 27 heavy (non-hydrogen) atoms. The fourth-order valence-electron chi connectivity index (χ4n) is 2.39. The summed E-state index contributed by atoms with van der Waals surface area (Å²) >= 11 is 0. The van der Waals surface area contributed by atoms with Crippen molar-refractivity contribution < 1.29 is 18.0 Å². The summed E-state index contributed by atoms with van der Waals surface area (Å²) in [6.45, 7) is 3.11. The highest BCUT2D eigenvalue weighted by atomic mass is 19.2. The third-order valence-corrected chi connectivity index (χ3v) is 3.70.